The highest BCUT2D eigenvalue weighted by Crippen LogP contribution is 2.65. The molecule has 0 atom stereocenters. The monoisotopic (exact) mass is 300 g/mol. The Morgan fingerprint density at radius 3 is 1.74 bits per heavy atom. The lowest BCUT2D eigenvalue weighted by Gasteiger charge is -2.18. The molecule has 19 heavy (non-hydrogen) atoms. The Kier molecular flexibility index (Phi) is 2.64. The van der Waals surface area contributed by atoms with Gasteiger partial charge in [-0.3, -0.25) is 0 Å². The summed E-state index contributed by atoms with van der Waals surface area (Å²) in [6.45, 7) is 7.83. The average Bonchev–Trinajstić information content (AvgIpc) is 2.76. The van der Waals surface area contributed by atoms with E-state index < -0.39 is 9.87 Å². The van der Waals surface area contributed by atoms with Crippen molar-refractivity contribution in [1.82, 2.24) is 0 Å². The molecule has 0 amide bonds. The minimum atomic E-state index is -0.414. The number of methoxy groups -OCH3 is 1. The molecule has 0 saturated heterocycles. The van der Waals surface area contributed by atoms with Gasteiger partial charge < -0.3 is 19.3 Å². The minimum Gasteiger partial charge on any atom is -0.505 e. The molecule has 0 radical (unpaired) electrons. The second-order valence-electron chi connectivity index (χ2n) is 5.41. The molecular formula is C13H16O4S2. The Morgan fingerprint density at radius 2 is 1.37 bits per heavy atom. The second-order valence-corrected chi connectivity index (χ2v) is 8.60. The molecule has 3 rings (SSSR count). The van der Waals surface area contributed by atoms with Crippen molar-refractivity contribution in [1.29, 1.82) is 0 Å². The zero-order valence-electron chi connectivity index (χ0n) is 11.5. The van der Waals surface area contributed by atoms with E-state index >= 15 is 0 Å². The number of hydrogen-bond acceptors (Lipinski definition) is 6. The predicted molar refractivity (Wildman–Crippen MR) is 75.8 cm³/mol. The van der Waals surface area contributed by atoms with Crippen LogP contribution in [0.5, 0.6) is 23.0 Å². The molecule has 0 spiro atoms. The number of fused-ring (bicyclic) bond motifs is 2. The first-order valence-corrected chi connectivity index (χ1v) is 7.60. The van der Waals surface area contributed by atoms with Gasteiger partial charge in [0.1, 0.15) is 9.79 Å². The first kappa shape index (κ1) is 13.1. The molecule has 0 aromatic heterocycles. The SMILES string of the molecule is COc1c2c(c(O)c3c1OC(C)(C)S3)SC(C)(C)O2. The molecule has 1 aromatic rings. The quantitative estimate of drug-likeness (QED) is 0.850. The molecule has 1 aromatic carbocycles. The summed E-state index contributed by atoms with van der Waals surface area (Å²) < 4.78 is 17.2. The summed E-state index contributed by atoms with van der Waals surface area (Å²) in [6.07, 6.45) is 0. The van der Waals surface area contributed by atoms with E-state index in [1.165, 1.54) is 23.5 Å². The van der Waals surface area contributed by atoms with Crippen LogP contribution in [0.25, 0.3) is 0 Å². The van der Waals surface area contributed by atoms with Crippen LogP contribution in [0, 0.1) is 0 Å². The summed E-state index contributed by atoms with van der Waals surface area (Å²) in [4.78, 5) is 0.633. The summed E-state index contributed by atoms with van der Waals surface area (Å²) >= 11 is 2.99. The third-order valence-electron chi connectivity index (χ3n) is 2.85. The number of aromatic hydroxyl groups is 1. The number of phenolic OH excluding ortho intramolecular Hbond substituents is 1. The van der Waals surface area contributed by atoms with Crippen molar-refractivity contribution in [2.24, 2.45) is 0 Å². The van der Waals surface area contributed by atoms with E-state index in [-0.39, 0.29) is 5.75 Å². The van der Waals surface area contributed by atoms with Gasteiger partial charge in [-0.25, -0.2) is 0 Å². The second kappa shape index (κ2) is 3.82. The fourth-order valence-corrected chi connectivity index (χ4v) is 4.36. The van der Waals surface area contributed by atoms with Crippen LogP contribution in [0.1, 0.15) is 27.7 Å². The smallest absolute Gasteiger partial charge is 0.206 e. The molecule has 1 N–H and O–H groups in total. The molecule has 0 bridgehead atoms. The van der Waals surface area contributed by atoms with Crippen LogP contribution in [0.4, 0.5) is 0 Å². The lowest BCUT2D eigenvalue weighted by atomic mass is 10.2. The molecule has 0 saturated carbocycles. The van der Waals surface area contributed by atoms with Gasteiger partial charge in [-0.1, -0.05) is 23.5 Å². The third kappa shape index (κ3) is 1.92. The molecule has 0 unspecified atom stereocenters. The summed E-state index contributed by atoms with van der Waals surface area (Å²) in [7, 11) is 1.59. The van der Waals surface area contributed by atoms with E-state index in [4.69, 9.17) is 14.2 Å². The molecule has 2 heterocycles. The lowest BCUT2D eigenvalue weighted by Crippen LogP contribution is -2.19. The first-order valence-electron chi connectivity index (χ1n) is 5.97. The van der Waals surface area contributed by atoms with Gasteiger partial charge in [0.05, 0.1) is 7.11 Å². The zero-order valence-corrected chi connectivity index (χ0v) is 13.1. The highest BCUT2D eigenvalue weighted by Gasteiger charge is 2.44. The van der Waals surface area contributed by atoms with Gasteiger partial charge >= 0.3 is 0 Å². The van der Waals surface area contributed by atoms with Crippen molar-refractivity contribution >= 4 is 23.5 Å². The van der Waals surface area contributed by atoms with Crippen molar-refractivity contribution in [3.8, 4) is 23.0 Å². The fraction of sp³-hybridized carbons (Fsp3) is 0.538. The van der Waals surface area contributed by atoms with Crippen molar-refractivity contribution in [2.75, 3.05) is 7.11 Å². The van der Waals surface area contributed by atoms with Crippen LogP contribution in [0.15, 0.2) is 9.79 Å². The molecule has 0 fully saturated rings. The maximum atomic E-state index is 10.5. The molecule has 104 valence electrons. The lowest BCUT2D eigenvalue weighted by molar-refractivity contribution is 0.184. The van der Waals surface area contributed by atoms with Gasteiger partial charge in [-0.15, -0.1) is 0 Å². The maximum Gasteiger partial charge on any atom is 0.206 e. The highest BCUT2D eigenvalue weighted by molar-refractivity contribution is 8.01. The highest BCUT2D eigenvalue weighted by atomic mass is 32.2. The van der Waals surface area contributed by atoms with Gasteiger partial charge in [0.25, 0.3) is 0 Å². The van der Waals surface area contributed by atoms with E-state index in [1.807, 2.05) is 27.7 Å². The Morgan fingerprint density at radius 1 is 0.947 bits per heavy atom. The number of benzene rings is 1. The molecule has 2 aliphatic rings. The third-order valence-corrected chi connectivity index (χ3v) is 5.17. The summed E-state index contributed by atoms with van der Waals surface area (Å²) in [5, 5.41) is 10.5. The Labute approximate surface area is 120 Å². The summed E-state index contributed by atoms with van der Waals surface area (Å²) in [6, 6.07) is 0. The molecule has 2 aliphatic heterocycles. The maximum absolute atomic E-state index is 10.5. The van der Waals surface area contributed by atoms with E-state index in [2.05, 4.69) is 0 Å². The molecule has 0 aliphatic carbocycles. The molecular weight excluding hydrogens is 284 g/mol. The van der Waals surface area contributed by atoms with Gasteiger partial charge in [-0.2, -0.15) is 0 Å². The standard InChI is InChI=1S/C13H16O4S2/c1-12(2)16-8-7(15-5)9-11(6(14)10(8)18-12)19-13(3,4)17-9/h14H,1-5H3. The topological polar surface area (TPSA) is 47.9 Å². The Balaban J connectivity index is 2.22. The van der Waals surface area contributed by atoms with E-state index in [0.29, 0.717) is 17.2 Å². The normalized spacial score (nSPS) is 21.3. The average molecular weight is 300 g/mol. The van der Waals surface area contributed by atoms with E-state index in [9.17, 15) is 5.11 Å². The van der Waals surface area contributed by atoms with Gasteiger partial charge in [0.2, 0.25) is 5.75 Å². The number of phenols is 1. The van der Waals surface area contributed by atoms with E-state index in [1.54, 1.807) is 7.11 Å². The fourth-order valence-electron chi connectivity index (χ4n) is 2.21. The summed E-state index contributed by atoms with van der Waals surface area (Å²) in [5.41, 5.74) is 0. The summed E-state index contributed by atoms with van der Waals surface area (Å²) in [5.74, 6) is 1.95. The molecule has 6 heteroatoms. The van der Waals surface area contributed by atoms with Crippen molar-refractivity contribution < 1.29 is 19.3 Å². The number of thioether (sulfide) groups is 2. The van der Waals surface area contributed by atoms with Crippen LogP contribution < -0.4 is 14.2 Å². The number of ether oxygens (including phenoxy) is 3. The van der Waals surface area contributed by atoms with Crippen molar-refractivity contribution in [3.05, 3.63) is 0 Å². The zero-order chi connectivity index (χ0) is 14.0. The van der Waals surface area contributed by atoms with Gasteiger partial charge in [0.15, 0.2) is 27.1 Å². The predicted octanol–water partition coefficient (Wildman–Crippen LogP) is 3.84. The van der Waals surface area contributed by atoms with Crippen LogP contribution in [0.2, 0.25) is 0 Å². The number of rotatable bonds is 1. The Bertz CT molecular complexity index is 521. The van der Waals surface area contributed by atoms with Crippen LogP contribution in [0.3, 0.4) is 0 Å². The van der Waals surface area contributed by atoms with Crippen LogP contribution in [-0.2, 0) is 0 Å². The minimum absolute atomic E-state index is 0.233. The number of hydrogen-bond donors (Lipinski definition) is 1. The molecule has 4 nitrogen and oxygen atoms in total. The van der Waals surface area contributed by atoms with Gasteiger partial charge in [-0.05, 0) is 27.7 Å². The van der Waals surface area contributed by atoms with Gasteiger partial charge in [0, 0.05) is 0 Å². The van der Waals surface area contributed by atoms with E-state index in [0.717, 1.165) is 9.79 Å². The Hall–Kier alpha value is -0.880. The van der Waals surface area contributed by atoms with Crippen molar-refractivity contribution in [2.45, 2.75) is 47.4 Å². The largest absolute Gasteiger partial charge is 0.505 e. The van der Waals surface area contributed by atoms with Crippen molar-refractivity contribution in [3.63, 3.8) is 0 Å². The van der Waals surface area contributed by atoms with Crippen LogP contribution in [-0.4, -0.2) is 22.1 Å². The first-order chi connectivity index (χ1) is 8.74. The van der Waals surface area contributed by atoms with Crippen LogP contribution >= 0.6 is 23.5 Å².